The third kappa shape index (κ3) is 5.00. The highest BCUT2D eigenvalue weighted by molar-refractivity contribution is 9.10. The average molecular weight is 414 g/mol. The molecule has 0 aliphatic heterocycles. The maximum Gasteiger partial charge on any atom is 0.225 e. The van der Waals surface area contributed by atoms with Crippen LogP contribution in [0.5, 0.6) is 0 Å². The molecule has 0 fully saturated rings. The molecule has 1 atom stereocenters. The van der Waals surface area contributed by atoms with E-state index in [9.17, 15) is 4.79 Å². The highest BCUT2D eigenvalue weighted by Crippen LogP contribution is 2.15. The first kappa shape index (κ1) is 18.3. The maximum absolute atomic E-state index is 12.2. The third-order valence-corrected chi connectivity index (χ3v) is 4.41. The van der Waals surface area contributed by atoms with E-state index in [0.29, 0.717) is 13.0 Å². The van der Waals surface area contributed by atoms with Crippen LogP contribution in [-0.4, -0.2) is 26.5 Å². The quantitative estimate of drug-likeness (QED) is 0.621. The summed E-state index contributed by atoms with van der Waals surface area (Å²) in [6.45, 7) is 2.61. The fraction of sp³-hybridized carbons (Fsp3) is 0.211. The summed E-state index contributed by atoms with van der Waals surface area (Å²) in [5, 5.41) is 6.29. The van der Waals surface area contributed by atoms with E-state index >= 15 is 0 Å². The molecule has 0 aliphatic rings. The molecule has 3 rings (SSSR count). The third-order valence-electron chi connectivity index (χ3n) is 3.88. The van der Waals surface area contributed by atoms with Gasteiger partial charge >= 0.3 is 0 Å². The number of hydrogen-bond acceptors (Lipinski definition) is 4. The largest absolute Gasteiger partial charge is 0.326 e. The Balaban J connectivity index is 1.54. The van der Waals surface area contributed by atoms with Crippen LogP contribution in [0.2, 0.25) is 0 Å². The first-order chi connectivity index (χ1) is 12.6. The molecule has 2 aromatic heterocycles. The molecule has 0 saturated carbocycles. The minimum absolute atomic E-state index is 0.0201. The predicted molar refractivity (Wildman–Crippen MR) is 105 cm³/mol. The summed E-state index contributed by atoms with van der Waals surface area (Å²) in [6.07, 6.45) is 7.45. The second kappa shape index (κ2) is 8.73. The summed E-state index contributed by atoms with van der Waals surface area (Å²) in [4.78, 5) is 20.7. The molecule has 26 heavy (non-hydrogen) atoms. The topological polar surface area (TPSA) is 71.8 Å². The van der Waals surface area contributed by atoms with Crippen LogP contribution < -0.4 is 10.6 Å². The van der Waals surface area contributed by atoms with Gasteiger partial charge in [0.05, 0.1) is 0 Å². The number of benzene rings is 1. The second-order valence-electron chi connectivity index (χ2n) is 6.00. The monoisotopic (exact) mass is 413 g/mol. The number of halogens is 1. The highest BCUT2D eigenvalue weighted by Gasteiger charge is 2.11. The van der Waals surface area contributed by atoms with Crippen molar-refractivity contribution >= 4 is 27.5 Å². The highest BCUT2D eigenvalue weighted by atomic mass is 79.9. The lowest BCUT2D eigenvalue weighted by Crippen LogP contribution is -2.30. The Bertz CT molecular complexity index is 849. The van der Waals surface area contributed by atoms with Crippen molar-refractivity contribution < 1.29 is 4.79 Å². The SMILES string of the molecule is CC(CC(=O)Nc1ccc(Br)cc1)NCc1cccnc1-n1ccnc1. The Kier molecular flexibility index (Phi) is 6.14. The molecule has 134 valence electrons. The summed E-state index contributed by atoms with van der Waals surface area (Å²) in [5.74, 6) is 0.817. The van der Waals surface area contributed by atoms with Crippen molar-refractivity contribution in [2.24, 2.45) is 0 Å². The number of pyridine rings is 1. The van der Waals surface area contributed by atoms with Crippen molar-refractivity contribution in [3.05, 3.63) is 71.4 Å². The Morgan fingerprint density at radius 1 is 1.23 bits per heavy atom. The van der Waals surface area contributed by atoms with Gasteiger partial charge < -0.3 is 10.6 Å². The number of rotatable bonds is 7. The fourth-order valence-electron chi connectivity index (χ4n) is 2.56. The van der Waals surface area contributed by atoms with E-state index in [4.69, 9.17) is 0 Å². The molecular weight excluding hydrogens is 394 g/mol. The van der Waals surface area contributed by atoms with Crippen LogP contribution in [0.25, 0.3) is 5.82 Å². The van der Waals surface area contributed by atoms with E-state index in [1.807, 2.05) is 54.1 Å². The van der Waals surface area contributed by atoms with Gasteiger partial charge in [0.1, 0.15) is 12.1 Å². The van der Waals surface area contributed by atoms with Gasteiger partial charge in [0, 0.05) is 53.3 Å². The molecule has 6 nitrogen and oxygen atoms in total. The number of hydrogen-bond donors (Lipinski definition) is 2. The van der Waals surface area contributed by atoms with Gasteiger partial charge in [-0.2, -0.15) is 0 Å². The lowest BCUT2D eigenvalue weighted by molar-refractivity contribution is -0.116. The van der Waals surface area contributed by atoms with Crippen LogP contribution >= 0.6 is 15.9 Å². The normalized spacial score (nSPS) is 11.9. The molecule has 1 amide bonds. The van der Waals surface area contributed by atoms with Gasteiger partial charge in [-0.05, 0) is 37.3 Å². The Labute approximate surface area is 160 Å². The zero-order valence-electron chi connectivity index (χ0n) is 14.4. The summed E-state index contributed by atoms with van der Waals surface area (Å²) < 4.78 is 2.86. The fourth-order valence-corrected chi connectivity index (χ4v) is 2.83. The van der Waals surface area contributed by atoms with Gasteiger partial charge in [-0.3, -0.25) is 9.36 Å². The van der Waals surface area contributed by atoms with Crippen LogP contribution in [0, 0.1) is 0 Å². The molecule has 1 unspecified atom stereocenters. The van der Waals surface area contributed by atoms with Gasteiger partial charge in [-0.1, -0.05) is 22.0 Å². The molecule has 0 saturated heterocycles. The smallest absolute Gasteiger partial charge is 0.225 e. The van der Waals surface area contributed by atoms with Gasteiger partial charge in [-0.25, -0.2) is 9.97 Å². The number of imidazole rings is 1. The number of carbonyl (C=O) groups is 1. The van der Waals surface area contributed by atoms with Crippen molar-refractivity contribution in [2.45, 2.75) is 25.9 Å². The standard InChI is InChI=1S/C19H20BrN5O/c1-14(11-18(26)24-17-6-4-16(20)5-7-17)23-12-15-3-2-8-22-19(15)25-10-9-21-13-25/h2-10,13-14,23H,11-12H2,1H3,(H,24,26). The summed E-state index contributed by atoms with van der Waals surface area (Å²) in [7, 11) is 0. The van der Waals surface area contributed by atoms with E-state index in [0.717, 1.165) is 21.5 Å². The van der Waals surface area contributed by atoms with Crippen LogP contribution in [0.4, 0.5) is 5.69 Å². The van der Waals surface area contributed by atoms with Crippen molar-refractivity contribution in [1.82, 2.24) is 19.9 Å². The molecule has 2 heterocycles. The zero-order valence-corrected chi connectivity index (χ0v) is 16.0. The van der Waals surface area contributed by atoms with E-state index in [2.05, 4.69) is 36.5 Å². The summed E-state index contributed by atoms with van der Waals surface area (Å²) in [6, 6.07) is 11.5. The van der Waals surface area contributed by atoms with Gasteiger partial charge in [0.25, 0.3) is 0 Å². The molecule has 1 aromatic carbocycles. The number of anilines is 1. The van der Waals surface area contributed by atoms with Gasteiger partial charge in [0.2, 0.25) is 5.91 Å². The van der Waals surface area contributed by atoms with Crippen LogP contribution in [0.1, 0.15) is 18.9 Å². The maximum atomic E-state index is 12.2. The Hall–Kier alpha value is -2.51. The number of carbonyl (C=O) groups excluding carboxylic acids is 1. The number of nitrogens with one attached hydrogen (secondary N) is 2. The lowest BCUT2D eigenvalue weighted by atomic mass is 10.2. The second-order valence-corrected chi connectivity index (χ2v) is 6.91. The van der Waals surface area contributed by atoms with Crippen molar-refractivity contribution in [3.8, 4) is 5.82 Å². The molecule has 0 radical (unpaired) electrons. The van der Waals surface area contributed by atoms with Gasteiger partial charge in [0.15, 0.2) is 0 Å². The van der Waals surface area contributed by atoms with Crippen LogP contribution in [-0.2, 0) is 11.3 Å². The molecule has 7 heteroatoms. The number of nitrogens with zero attached hydrogens (tertiary/aromatic N) is 3. The first-order valence-corrected chi connectivity index (χ1v) is 9.12. The average Bonchev–Trinajstić information content (AvgIpc) is 3.16. The molecule has 2 N–H and O–H groups in total. The molecule has 3 aromatic rings. The molecular formula is C19H20BrN5O. The summed E-state index contributed by atoms with van der Waals surface area (Å²) in [5.41, 5.74) is 1.84. The van der Waals surface area contributed by atoms with E-state index in [1.165, 1.54) is 0 Å². The van der Waals surface area contributed by atoms with Crippen LogP contribution in [0.15, 0.2) is 65.8 Å². The Morgan fingerprint density at radius 2 is 2.04 bits per heavy atom. The minimum Gasteiger partial charge on any atom is -0.326 e. The molecule has 0 bridgehead atoms. The van der Waals surface area contributed by atoms with Gasteiger partial charge in [-0.15, -0.1) is 0 Å². The first-order valence-electron chi connectivity index (χ1n) is 8.33. The zero-order chi connectivity index (χ0) is 18.4. The lowest BCUT2D eigenvalue weighted by Gasteiger charge is -2.15. The van der Waals surface area contributed by atoms with Crippen molar-refractivity contribution in [1.29, 1.82) is 0 Å². The van der Waals surface area contributed by atoms with Crippen molar-refractivity contribution in [2.75, 3.05) is 5.32 Å². The molecule has 0 spiro atoms. The number of aromatic nitrogens is 3. The Morgan fingerprint density at radius 3 is 2.77 bits per heavy atom. The minimum atomic E-state index is -0.0201. The van der Waals surface area contributed by atoms with E-state index in [-0.39, 0.29) is 11.9 Å². The van der Waals surface area contributed by atoms with Crippen molar-refractivity contribution in [3.63, 3.8) is 0 Å². The van der Waals surface area contributed by atoms with Crippen LogP contribution in [0.3, 0.4) is 0 Å². The summed E-state index contributed by atoms with van der Waals surface area (Å²) >= 11 is 3.38. The van der Waals surface area contributed by atoms with E-state index in [1.54, 1.807) is 18.7 Å². The predicted octanol–water partition coefficient (Wildman–Crippen LogP) is 3.54. The van der Waals surface area contributed by atoms with E-state index < -0.39 is 0 Å². The molecule has 0 aliphatic carbocycles. The number of amides is 1.